The molecular weight excluding hydrogens is 554 g/mol. The lowest BCUT2D eigenvalue weighted by atomic mass is 9.85. The summed E-state index contributed by atoms with van der Waals surface area (Å²) in [5, 5.41) is 13.6. The first-order chi connectivity index (χ1) is 18.7. The van der Waals surface area contributed by atoms with Gasteiger partial charge in [-0.05, 0) is 42.5 Å². The average Bonchev–Trinajstić information content (AvgIpc) is 3.68. The van der Waals surface area contributed by atoms with Gasteiger partial charge in [0.2, 0.25) is 0 Å². The molecule has 1 fully saturated rings. The highest BCUT2D eigenvalue weighted by molar-refractivity contribution is 6.34. The third kappa shape index (κ3) is 4.41. The number of hydrogen-bond acceptors (Lipinski definition) is 5. The fourth-order valence-corrected chi connectivity index (χ4v) is 5.66. The molecule has 4 aromatic rings. The smallest absolute Gasteiger partial charge is 0.374 e. The van der Waals surface area contributed by atoms with Crippen LogP contribution in [0, 0.1) is 0 Å². The van der Waals surface area contributed by atoms with Crippen molar-refractivity contribution in [1.29, 1.82) is 0 Å². The molecule has 3 heterocycles. The predicted octanol–water partition coefficient (Wildman–Crippen LogP) is 6.55. The summed E-state index contributed by atoms with van der Waals surface area (Å²) >= 11 is 12.0. The Balaban J connectivity index is 1.38. The zero-order valence-corrected chi connectivity index (χ0v) is 21.8. The van der Waals surface area contributed by atoms with Gasteiger partial charge in [-0.25, -0.2) is 4.68 Å². The second-order valence-corrected chi connectivity index (χ2v) is 10.4. The molecule has 0 aliphatic carbocycles. The van der Waals surface area contributed by atoms with Crippen molar-refractivity contribution in [3.05, 3.63) is 87.7 Å². The summed E-state index contributed by atoms with van der Waals surface area (Å²) in [6.45, 7) is 1.38. The maximum atomic E-state index is 14.5. The van der Waals surface area contributed by atoms with Crippen molar-refractivity contribution in [2.75, 3.05) is 13.1 Å². The van der Waals surface area contributed by atoms with Crippen LogP contribution in [0.4, 0.5) is 13.2 Å². The lowest BCUT2D eigenvalue weighted by Gasteiger charge is -2.29. The van der Waals surface area contributed by atoms with Crippen molar-refractivity contribution < 1.29 is 22.8 Å². The van der Waals surface area contributed by atoms with Gasteiger partial charge >= 0.3 is 6.18 Å². The third-order valence-electron chi connectivity index (χ3n) is 7.08. The molecule has 6 rings (SSSR count). The second kappa shape index (κ2) is 9.53. The number of rotatable bonds is 4. The van der Waals surface area contributed by atoms with Crippen molar-refractivity contribution in [3.8, 4) is 5.69 Å². The van der Waals surface area contributed by atoms with Crippen molar-refractivity contribution in [3.63, 3.8) is 0 Å². The average molecular weight is 574 g/mol. The topological polar surface area (TPSA) is 72.6 Å². The van der Waals surface area contributed by atoms with E-state index >= 15 is 0 Å². The molecule has 1 amide bonds. The van der Waals surface area contributed by atoms with Crippen LogP contribution in [0.2, 0.25) is 10.0 Å². The summed E-state index contributed by atoms with van der Waals surface area (Å²) in [6.07, 6.45) is -1.90. The highest BCUT2D eigenvalue weighted by atomic mass is 35.5. The molecule has 0 saturated carbocycles. The number of benzene rings is 3. The van der Waals surface area contributed by atoms with E-state index in [4.69, 9.17) is 28.0 Å². The summed E-state index contributed by atoms with van der Waals surface area (Å²) in [6, 6.07) is 14.3. The molecule has 39 heavy (non-hydrogen) atoms. The Labute approximate surface area is 230 Å². The lowest BCUT2D eigenvalue weighted by molar-refractivity contribution is -0.275. The SMILES string of the molecule is O=C(c1cn(-c2ccc(C3=NOC(c4cc(Cl)cc(Cl)c4)(C(F)(F)F)C3)c3ccccc23)nn1)N1CCCC1. The Morgan fingerprint density at radius 2 is 1.67 bits per heavy atom. The van der Waals surface area contributed by atoms with Crippen LogP contribution in [0.5, 0.6) is 0 Å². The fraction of sp³-hybridized carbons (Fsp3) is 0.259. The van der Waals surface area contributed by atoms with Crippen LogP contribution in [0.15, 0.2) is 65.9 Å². The number of likely N-dealkylation sites (tertiary alicyclic amines) is 1. The number of carbonyl (C=O) groups excluding carboxylic acids is 1. The largest absolute Gasteiger partial charge is 0.435 e. The molecule has 7 nitrogen and oxygen atoms in total. The van der Waals surface area contributed by atoms with E-state index in [1.54, 1.807) is 35.4 Å². The Kier molecular flexibility index (Phi) is 6.27. The standard InChI is InChI=1S/C27H20Cl2F3N5O2/c28-17-11-16(12-18(29)13-17)26(27(30,31)32)14-22(34-39-26)20-7-8-24(21-6-2-1-5-19(20)21)37-15-23(33-35-37)25(38)36-9-3-4-10-36/h1-2,5-8,11-13,15H,3-4,9-10,14H2. The number of carbonyl (C=O) groups is 1. The number of amides is 1. The molecule has 0 N–H and O–H groups in total. The summed E-state index contributed by atoms with van der Waals surface area (Å²) in [5.41, 5.74) is -1.53. The van der Waals surface area contributed by atoms with Crippen LogP contribution >= 0.6 is 23.2 Å². The monoisotopic (exact) mass is 573 g/mol. The normalized spacial score (nSPS) is 19.4. The number of fused-ring (bicyclic) bond motifs is 1. The molecule has 200 valence electrons. The van der Waals surface area contributed by atoms with Gasteiger partial charge in [0.1, 0.15) is 0 Å². The van der Waals surface area contributed by atoms with Crippen LogP contribution in [0.25, 0.3) is 16.5 Å². The first kappa shape index (κ1) is 25.6. The number of oxime groups is 1. The quantitative estimate of drug-likeness (QED) is 0.277. The minimum atomic E-state index is -4.80. The fourth-order valence-electron chi connectivity index (χ4n) is 5.13. The van der Waals surface area contributed by atoms with Crippen molar-refractivity contribution in [2.45, 2.75) is 31.0 Å². The minimum Gasteiger partial charge on any atom is -0.374 e. The van der Waals surface area contributed by atoms with E-state index in [2.05, 4.69) is 15.5 Å². The molecule has 2 aliphatic rings. The Bertz CT molecular complexity index is 1610. The molecule has 1 unspecified atom stereocenters. The molecule has 0 radical (unpaired) electrons. The molecule has 0 bridgehead atoms. The molecule has 12 heteroatoms. The van der Waals surface area contributed by atoms with E-state index < -0.39 is 18.2 Å². The molecule has 1 atom stereocenters. The van der Waals surface area contributed by atoms with Gasteiger partial charge in [-0.15, -0.1) is 5.10 Å². The molecule has 1 aromatic heterocycles. The Morgan fingerprint density at radius 1 is 0.974 bits per heavy atom. The number of aromatic nitrogens is 3. The number of halogens is 5. The highest BCUT2D eigenvalue weighted by Crippen LogP contribution is 2.50. The van der Waals surface area contributed by atoms with Crippen LogP contribution < -0.4 is 0 Å². The Morgan fingerprint density at radius 3 is 2.36 bits per heavy atom. The lowest BCUT2D eigenvalue weighted by Crippen LogP contribution is -2.42. The van der Waals surface area contributed by atoms with Gasteiger partial charge in [0, 0.05) is 46.1 Å². The Hall–Kier alpha value is -3.63. The summed E-state index contributed by atoms with van der Waals surface area (Å²) in [5.74, 6) is -0.179. The van der Waals surface area contributed by atoms with E-state index in [1.807, 2.05) is 12.1 Å². The van der Waals surface area contributed by atoms with Crippen molar-refractivity contribution in [2.24, 2.45) is 5.16 Å². The number of hydrogen-bond donors (Lipinski definition) is 0. The van der Waals surface area contributed by atoms with Gasteiger partial charge in [-0.3, -0.25) is 4.79 Å². The second-order valence-electron chi connectivity index (χ2n) is 9.51. The first-order valence-corrected chi connectivity index (χ1v) is 12.9. The minimum absolute atomic E-state index is 0.0587. The zero-order valence-electron chi connectivity index (χ0n) is 20.3. The maximum absolute atomic E-state index is 14.5. The van der Waals surface area contributed by atoms with E-state index in [0.29, 0.717) is 35.1 Å². The molecule has 1 saturated heterocycles. The van der Waals surface area contributed by atoms with Crippen molar-refractivity contribution in [1.82, 2.24) is 19.9 Å². The summed E-state index contributed by atoms with van der Waals surface area (Å²) < 4.78 is 45.0. The maximum Gasteiger partial charge on any atom is 0.435 e. The highest BCUT2D eigenvalue weighted by Gasteiger charge is 2.62. The molecule has 0 spiro atoms. The van der Waals surface area contributed by atoms with Crippen molar-refractivity contribution >= 4 is 45.6 Å². The van der Waals surface area contributed by atoms with Gasteiger partial charge in [0.25, 0.3) is 11.5 Å². The third-order valence-corrected chi connectivity index (χ3v) is 7.52. The van der Waals surface area contributed by atoms with Crippen LogP contribution in [-0.4, -0.2) is 50.8 Å². The van der Waals surface area contributed by atoms with Crippen LogP contribution in [-0.2, 0) is 10.4 Å². The van der Waals surface area contributed by atoms with Crippen LogP contribution in [0.1, 0.15) is 40.9 Å². The van der Waals surface area contributed by atoms with E-state index in [0.717, 1.165) is 12.8 Å². The van der Waals surface area contributed by atoms with Gasteiger partial charge in [-0.1, -0.05) is 63.9 Å². The summed E-state index contributed by atoms with van der Waals surface area (Å²) in [4.78, 5) is 19.7. The number of nitrogens with zero attached hydrogens (tertiary/aromatic N) is 5. The predicted molar refractivity (Wildman–Crippen MR) is 140 cm³/mol. The van der Waals surface area contributed by atoms with Gasteiger partial charge in [-0.2, -0.15) is 13.2 Å². The number of alkyl halides is 3. The summed E-state index contributed by atoms with van der Waals surface area (Å²) in [7, 11) is 0. The van der Waals surface area contributed by atoms with Crippen LogP contribution in [0.3, 0.4) is 0 Å². The van der Waals surface area contributed by atoms with Gasteiger partial charge in [0.15, 0.2) is 5.69 Å². The zero-order chi connectivity index (χ0) is 27.4. The molecular formula is C27H20Cl2F3N5O2. The van der Waals surface area contributed by atoms with Gasteiger partial charge in [0.05, 0.1) is 17.6 Å². The van der Waals surface area contributed by atoms with Gasteiger partial charge < -0.3 is 9.74 Å². The first-order valence-electron chi connectivity index (χ1n) is 12.2. The van der Waals surface area contributed by atoms with E-state index in [1.165, 1.54) is 22.9 Å². The molecule has 2 aliphatic heterocycles. The van der Waals surface area contributed by atoms with E-state index in [9.17, 15) is 18.0 Å². The van der Waals surface area contributed by atoms with E-state index in [-0.39, 0.29) is 32.9 Å². The molecule has 3 aromatic carbocycles.